The van der Waals surface area contributed by atoms with E-state index in [0.717, 1.165) is 12.0 Å². The Morgan fingerprint density at radius 3 is 2.15 bits per heavy atom. The molecule has 2 rings (SSSR count). The second kappa shape index (κ2) is 14.9. The summed E-state index contributed by atoms with van der Waals surface area (Å²) in [6.45, 7) is 12.9. The number of nitrogens with two attached hydrogens (primary N) is 1. The third-order valence-corrected chi connectivity index (χ3v) is 6.71. The van der Waals surface area contributed by atoms with Crippen molar-refractivity contribution in [2.24, 2.45) is 11.7 Å². The number of carbonyl (C=O) groups is 4. The van der Waals surface area contributed by atoms with E-state index in [1.807, 2.05) is 26.0 Å². The minimum absolute atomic E-state index is 0.338. The van der Waals surface area contributed by atoms with Crippen molar-refractivity contribution in [1.82, 2.24) is 10.2 Å². The van der Waals surface area contributed by atoms with Gasteiger partial charge >= 0.3 is 6.09 Å². The number of nitrogens with zero attached hydrogens (tertiary/aromatic N) is 1. The number of carbonyl (C=O) groups excluding carboxylic acids is 4. The molecule has 2 aromatic carbocycles. The van der Waals surface area contributed by atoms with Crippen LogP contribution in [0, 0.1) is 12.8 Å². The van der Waals surface area contributed by atoms with Crippen LogP contribution in [0.3, 0.4) is 0 Å². The maximum Gasteiger partial charge on any atom is 0.408 e. The second-order valence-electron chi connectivity index (χ2n) is 11.7. The zero-order valence-corrected chi connectivity index (χ0v) is 25.7. The van der Waals surface area contributed by atoms with Crippen molar-refractivity contribution in [3.63, 3.8) is 0 Å². The molecule has 0 radical (unpaired) electrons. The molecule has 2 aromatic rings. The molecule has 0 aromatic heterocycles. The molecule has 0 spiro atoms. The van der Waals surface area contributed by atoms with Crippen molar-refractivity contribution < 1.29 is 23.9 Å². The summed E-state index contributed by atoms with van der Waals surface area (Å²) < 4.78 is 5.35. The lowest BCUT2D eigenvalue weighted by Crippen LogP contribution is -2.55. The van der Waals surface area contributed by atoms with Crippen LogP contribution in [-0.2, 0) is 19.1 Å². The van der Waals surface area contributed by atoms with Gasteiger partial charge in [-0.3, -0.25) is 14.4 Å². The van der Waals surface area contributed by atoms with Crippen LogP contribution < -0.4 is 16.4 Å². The van der Waals surface area contributed by atoms with E-state index in [0.29, 0.717) is 28.6 Å². The van der Waals surface area contributed by atoms with Crippen LogP contribution in [0.5, 0.6) is 0 Å². The molecule has 0 aliphatic carbocycles. The van der Waals surface area contributed by atoms with E-state index >= 15 is 0 Å². The third kappa shape index (κ3) is 10.4. The van der Waals surface area contributed by atoms with Gasteiger partial charge in [-0.25, -0.2) is 4.79 Å². The van der Waals surface area contributed by atoms with Gasteiger partial charge in [0.05, 0.1) is 17.1 Å². The number of benzene rings is 2. The van der Waals surface area contributed by atoms with E-state index in [1.54, 1.807) is 57.2 Å². The number of rotatable bonds is 12. The molecule has 3 atom stereocenters. The molecule has 0 heterocycles. The van der Waals surface area contributed by atoms with Crippen molar-refractivity contribution in [3.8, 4) is 0 Å². The molecular formula is C31H43ClN4O5. The number of nitrogens with one attached hydrogen (secondary N) is 2. The van der Waals surface area contributed by atoms with E-state index < -0.39 is 54.0 Å². The summed E-state index contributed by atoms with van der Waals surface area (Å²) in [6, 6.07) is 11.2. The fourth-order valence-corrected chi connectivity index (χ4v) is 4.67. The van der Waals surface area contributed by atoms with Gasteiger partial charge in [-0.2, -0.15) is 0 Å². The molecular weight excluding hydrogens is 544 g/mol. The van der Waals surface area contributed by atoms with Crippen LogP contribution >= 0.6 is 11.6 Å². The Kier molecular flexibility index (Phi) is 12.2. The topological polar surface area (TPSA) is 131 Å². The van der Waals surface area contributed by atoms with Crippen LogP contribution in [0.1, 0.15) is 78.0 Å². The summed E-state index contributed by atoms with van der Waals surface area (Å²) in [4.78, 5) is 54.6. The second-order valence-corrected chi connectivity index (χ2v) is 12.1. The molecule has 41 heavy (non-hydrogen) atoms. The van der Waals surface area contributed by atoms with Crippen LogP contribution in [0.25, 0.3) is 0 Å². The third-order valence-electron chi connectivity index (χ3n) is 6.40. The van der Waals surface area contributed by atoms with E-state index in [-0.39, 0.29) is 0 Å². The van der Waals surface area contributed by atoms with Gasteiger partial charge in [-0.15, -0.1) is 0 Å². The number of hydrogen-bond acceptors (Lipinski definition) is 5. The number of halogens is 1. The van der Waals surface area contributed by atoms with Crippen molar-refractivity contribution >= 4 is 41.1 Å². The number of aryl methyl sites for hydroxylation is 1. The van der Waals surface area contributed by atoms with Gasteiger partial charge < -0.3 is 26.0 Å². The highest BCUT2D eigenvalue weighted by molar-refractivity contribution is 6.34. The molecule has 224 valence electrons. The summed E-state index contributed by atoms with van der Waals surface area (Å²) in [7, 11) is 0. The average molecular weight is 587 g/mol. The molecule has 0 saturated carbocycles. The molecule has 0 aliphatic rings. The van der Waals surface area contributed by atoms with Gasteiger partial charge in [0.25, 0.3) is 5.91 Å². The Labute approximate surface area is 248 Å². The molecule has 4 amide bonds. The number of alkyl carbamates (subject to hydrolysis) is 1. The number of para-hydroxylation sites is 1. The highest BCUT2D eigenvalue weighted by Gasteiger charge is 2.39. The predicted molar refractivity (Wildman–Crippen MR) is 161 cm³/mol. The van der Waals surface area contributed by atoms with Gasteiger partial charge in [-0.1, -0.05) is 67.9 Å². The van der Waals surface area contributed by atoms with Crippen molar-refractivity contribution in [2.45, 2.75) is 91.5 Å². The lowest BCUT2D eigenvalue weighted by atomic mass is 9.96. The molecule has 0 aliphatic heterocycles. The van der Waals surface area contributed by atoms with E-state index in [1.165, 1.54) is 4.90 Å². The lowest BCUT2D eigenvalue weighted by molar-refractivity contribution is -0.144. The Bertz CT molecular complexity index is 1190. The van der Waals surface area contributed by atoms with Crippen molar-refractivity contribution in [1.29, 1.82) is 0 Å². The monoisotopic (exact) mass is 586 g/mol. The van der Waals surface area contributed by atoms with Gasteiger partial charge in [0.2, 0.25) is 11.8 Å². The van der Waals surface area contributed by atoms with E-state index in [2.05, 4.69) is 24.5 Å². The molecule has 10 heteroatoms. The Morgan fingerprint density at radius 1 is 0.976 bits per heavy atom. The minimum atomic E-state index is -1.36. The highest BCUT2D eigenvalue weighted by Crippen LogP contribution is 2.31. The Hall–Kier alpha value is -3.59. The molecule has 9 nitrogen and oxygen atoms in total. The standard InChI is InChI=1S/C31H43ClN4O5/c1-19(2)16-17-21(4)36(29(39)24(18-25(33)37)34-30(40)41-31(5,6)7)27(22-13-9-8-10-14-22)28(38)35-26-20(3)12-11-15-23(26)32/h8-15,19,21,24,27H,16-18H2,1-7H3,(H2,33,37)(H,34,40)(H,35,38). The highest BCUT2D eigenvalue weighted by atomic mass is 35.5. The fraction of sp³-hybridized carbons (Fsp3) is 0.484. The SMILES string of the molecule is Cc1cccc(Cl)c1NC(=O)C(c1ccccc1)N(C(=O)C(CC(N)=O)NC(=O)OC(C)(C)C)C(C)CCC(C)C. The first-order chi connectivity index (χ1) is 19.1. The zero-order valence-electron chi connectivity index (χ0n) is 25.0. The zero-order chi connectivity index (χ0) is 30.9. The first-order valence-corrected chi connectivity index (χ1v) is 14.2. The molecule has 0 saturated heterocycles. The number of ether oxygens (including phenoxy) is 1. The first kappa shape index (κ1) is 33.6. The fourth-order valence-electron chi connectivity index (χ4n) is 4.40. The van der Waals surface area contributed by atoms with Gasteiger partial charge in [0.1, 0.15) is 17.7 Å². The summed E-state index contributed by atoms with van der Waals surface area (Å²) in [5, 5.41) is 5.78. The lowest BCUT2D eigenvalue weighted by Gasteiger charge is -2.38. The molecule has 3 unspecified atom stereocenters. The summed E-state index contributed by atoms with van der Waals surface area (Å²) in [5.41, 5.74) is 6.39. The Morgan fingerprint density at radius 2 is 1.61 bits per heavy atom. The van der Waals surface area contributed by atoms with Crippen LogP contribution in [0.2, 0.25) is 5.02 Å². The van der Waals surface area contributed by atoms with Crippen molar-refractivity contribution in [2.75, 3.05) is 5.32 Å². The van der Waals surface area contributed by atoms with Crippen molar-refractivity contribution in [3.05, 3.63) is 64.7 Å². The van der Waals surface area contributed by atoms with Gasteiger partial charge in [0.15, 0.2) is 0 Å². The number of hydrogen-bond donors (Lipinski definition) is 3. The van der Waals surface area contributed by atoms with E-state index in [4.69, 9.17) is 22.1 Å². The number of anilines is 1. The maximum absolute atomic E-state index is 14.3. The maximum atomic E-state index is 14.3. The molecule has 0 bridgehead atoms. The quantitative estimate of drug-likeness (QED) is 0.291. The Balaban J connectivity index is 2.63. The van der Waals surface area contributed by atoms with Crippen LogP contribution in [0.4, 0.5) is 10.5 Å². The van der Waals surface area contributed by atoms with Crippen LogP contribution in [0.15, 0.2) is 48.5 Å². The first-order valence-electron chi connectivity index (χ1n) is 13.8. The summed E-state index contributed by atoms with van der Waals surface area (Å²) in [5.74, 6) is -1.58. The minimum Gasteiger partial charge on any atom is -0.444 e. The number of primary amides is 1. The largest absolute Gasteiger partial charge is 0.444 e. The normalized spacial score (nSPS) is 13.6. The number of amides is 4. The van der Waals surface area contributed by atoms with Crippen LogP contribution in [-0.4, -0.2) is 46.4 Å². The average Bonchev–Trinajstić information content (AvgIpc) is 2.86. The molecule has 0 fully saturated rings. The van der Waals surface area contributed by atoms with Gasteiger partial charge in [-0.05, 0) is 70.6 Å². The summed E-state index contributed by atoms with van der Waals surface area (Å²) >= 11 is 6.42. The predicted octanol–water partition coefficient (Wildman–Crippen LogP) is 5.75. The molecule has 4 N–H and O–H groups in total. The van der Waals surface area contributed by atoms with E-state index in [9.17, 15) is 19.2 Å². The smallest absolute Gasteiger partial charge is 0.408 e. The summed E-state index contributed by atoms with van der Waals surface area (Å²) in [6.07, 6.45) is -0.00386. The van der Waals surface area contributed by atoms with Gasteiger partial charge in [0, 0.05) is 6.04 Å².